The quantitative estimate of drug-likeness (QED) is 0.395. The molecule has 0 saturated heterocycles. The number of ether oxygens (including phenoxy) is 2. The van der Waals surface area contributed by atoms with Crippen molar-refractivity contribution >= 4 is 23.4 Å². The Morgan fingerprint density at radius 1 is 1.03 bits per heavy atom. The van der Waals surface area contributed by atoms with E-state index in [0.717, 1.165) is 28.3 Å². The number of carbonyl (C=O) groups excluding carboxylic acids is 1. The number of benzene rings is 3. The summed E-state index contributed by atoms with van der Waals surface area (Å²) >= 11 is 1.37. The fourth-order valence-electron chi connectivity index (χ4n) is 3.85. The number of thioether (sulfide) groups is 1. The molecule has 0 saturated carbocycles. The van der Waals surface area contributed by atoms with Crippen LogP contribution in [0.3, 0.4) is 0 Å². The van der Waals surface area contributed by atoms with Crippen LogP contribution in [0.2, 0.25) is 0 Å². The highest BCUT2D eigenvalue weighted by Crippen LogP contribution is 2.38. The van der Waals surface area contributed by atoms with Crippen LogP contribution in [-0.2, 0) is 11.4 Å². The molecule has 1 amide bonds. The van der Waals surface area contributed by atoms with E-state index in [0.29, 0.717) is 11.0 Å². The number of para-hydroxylation sites is 1. The molecule has 3 aromatic carbocycles. The average molecular weight is 488 g/mol. The lowest BCUT2D eigenvalue weighted by atomic mass is 10.0. The fraction of sp³-hybridized carbons (Fsp3) is 0.192. The topological polar surface area (TPSA) is 90.3 Å². The predicted molar refractivity (Wildman–Crippen MR) is 135 cm³/mol. The van der Waals surface area contributed by atoms with Gasteiger partial charge < -0.3 is 20.2 Å². The Kier molecular flexibility index (Phi) is 6.58. The number of aromatic nitrogens is 3. The maximum Gasteiger partial charge on any atom is 0.240 e. The van der Waals surface area contributed by atoms with E-state index >= 15 is 0 Å². The Labute approximate surface area is 207 Å². The summed E-state index contributed by atoms with van der Waals surface area (Å²) in [4.78, 5) is 13.4. The predicted octanol–water partition coefficient (Wildman–Crippen LogP) is 4.57. The van der Waals surface area contributed by atoms with Crippen LogP contribution < -0.4 is 20.2 Å². The first-order chi connectivity index (χ1) is 17.1. The Hall–Kier alpha value is -3.98. The second-order valence-electron chi connectivity index (χ2n) is 8.11. The lowest BCUT2D eigenvalue weighted by Gasteiger charge is -2.33. The first-order valence-electron chi connectivity index (χ1n) is 11.2. The third-order valence-electron chi connectivity index (χ3n) is 5.63. The lowest BCUT2D eigenvalue weighted by molar-refractivity contribution is -0.116. The van der Waals surface area contributed by atoms with Crippen LogP contribution in [0.25, 0.3) is 0 Å². The molecule has 0 unspecified atom stereocenters. The zero-order chi connectivity index (χ0) is 24.2. The van der Waals surface area contributed by atoms with E-state index < -0.39 is 5.25 Å². The number of rotatable bonds is 7. The summed E-state index contributed by atoms with van der Waals surface area (Å²) in [5, 5.41) is 11.8. The van der Waals surface area contributed by atoms with Gasteiger partial charge in [0.1, 0.15) is 23.4 Å². The molecule has 9 heteroatoms. The second-order valence-corrected chi connectivity index (χ2v) is 9.22. The Morgan fingerprint density at radius 3 is 2.57 bits per heavy atom. The van der Waals surface area contributed by atoms with Gasteiger partial charge in [-0.05, 0) is 54.4 Å². The molecule has 1 aliphatic heterocycles. The third kappa shape index (κ3) is 5.09. The van der Waals surface area contributed by atoms with Gasteiger partial charge in [0.2, 0.25) is 11.1 Å². The number of anilines is 1. The number of methoxy groups -OCH3 is 1. The Morgan fingerprint density at radius 2 is 1.83 bits per heavy atom. The van der Waals surface area contributed by atoms with Crippen LogP contribution in [-0.4, -0.2) is 33.1 Å². The molecule has 2 heterocycles. The van der Waals surface area contributed by atoms with Crippen molar-refractivity contribution in [2.24, 2.45) is 0 Å². The van der Waals surface area contributed by atoms with E-state index in [1.54, 1.807) is 11.8 Å². The van der Waals surface area contributed by atoms with E-state index in [1.165, 1.54) is 11.8 Å². The van der Waals surface area contributed by atoms with Crippen LogP contribution in [0.15, 0.2) is 84.0 Å². The van der Waals surface area contributed by atoms with E-state index in [-0.39, 0.29) is 18.6 Å². The molecule has 0 fully saturated rings. The second kappa shape index (κ2) is 10.1. The van der Waals surface area contributed by atoms with E-state index in [4.69, 9.17) is 9.47 Å². The number of amides is 1. The zero-order valence-corrected chi connectivity index (χ0v) is 20.2. The molecule has 0 aliphatic carbocycles. The van der Waals surface area contributed by atoms with Gasteiger partial charge in [0.05, 0.1) is 13.2 Å². The number of hydrogen-bond donors (Lipinski definition) is 2. The summed E-state index contributed by atoms with van der Waals surface area (Å²) in [5.41, 5.74) is 6.23. The largest absolute Gasteiger partial charge is 0.497 e. The molecule has 2 N–H and O–H groups in total. The van der Waals surface area contributed by atoms with Crippen molar-refractivity contribution in [3.8, 4) is 11.5 Å². The van der Waals surface area contributed by atoms with Gasteiger partial charge in [-0.1, -0.05) is 54.2 Å². The van der Waals surface area contributed by atoms with Crippen molar-refractivity contribution < 1.29 is 14.3 Å². The molecule has 2 atom stereocenters. The van der Waals surface area contributed by atoms with Gasteiger partial charge in [-0.2, -0.15) is 0 Å². The monoisotopic (exact) mass is 487 g/mol. The van der Waals surface area contributed by atoms with Crippen molar-refractivity contribution in [1.82, 2.24) is 14.9 Å². The lowest BCUT2D eigenvalue weighted by Crippen LogP contribution is -2.41. The molecule has 0 spiro atoms. The summed E-state index contributed by atoms with van der Waals surface area (Å²) < 4.78 is 13.0. The fourth-order valence-corrected chi connectivity index (χ4v) is 4.95. The van der Waals surface area contributed by atoms with Crippen molar-refractivity contribution in [2.45, 2.75) is 30.0 Å². The minimum atomic E-state index is -0.483. The van der Waals surface area contributed by atoms with Gasteiger partial charge in [-0.15, -0.1) is 10.2 Å². The maximum absolute atomic E-state index is 13.4. The Bertz CT molecular complexity index is 1310. The highest BCUT2D eigenvalue weighted by Gasteiger charge is 2.38. The molecular formula is C26H25N5O3S. The maximum atomic E-state index is 13.4. The number of carbonyl (C=O) groups is 1. The number of aryl methyl sites for hydroxylation is 1. The van der Waals surface area contributed by atoms with Crippen molar-refractivity contribution in [1.29, 1.82) is 0 Å². The van der Waals surface area contributed by atoms with Gasteiger partial charge in [-0.25, -0.2) is 4.68 Å². The molecule has 4 aromatic rings. The molecule has 1 aliphatic rings. The van der Waals surface area contributed by atoms with Crippen LogP contribution in [0.4, 0.5) is 5.69 Å². The van der Waals surface area contributed by atoms with Gasteiger partial charge >= 0.3 is 0 Å². The third-order valence-corrected chi connectivity index (χ3v) is 6.85. The molecule has 178 valence electrons. The van der Waals surface area contributed by atoms with E-state index in [1.807, 2.05) is 85.8 Å². The molecule has 0 bridgehead atoms. The smallest absolute Gasteiger partial charge is 0.240 e. The first-order valence-corrected chi connectivity index (χ1v) is 12.1. The van der Waals surface area contributed by atoms with E-state index in [2.05, 4.69) is 20.9 Å². The van der Waals surface area contributed by atoms with Crippen molar-refractivity contribution in [3.05, 3.63) is 95.8 Å². The summed E-state index contributed by atoms with van der Waals surface area (Å²) in [6, 6.07) is 24.7. The van der Waals surface area contributed by atoms with Crippen LogP contribution in [0.5, 0.6) is 11.5 Å². The molecule has 8 nitrogen and oxygen atoms in total. The summed E-state index contributed by atoms with van der Waals surface area (Å²) in [6.07, 6.45) is 0. The van der Waals surface area contributed by atoms with Gasteiger partial charge in [0.25, 0.3) is 0 Å². The number of fused-ring (bicyclic) bond motifs is 1. The molecular weight excluding hydrogens is 462 g/mol. The molecule has 5 rings (SSSR count). The Balaban J connectivity index is 1.42. The minimum Gasteiger partial charge on any atom is -0.497 e. The average Bonchev–Trinajstić information content (AvgIpc) is 3.29. The SMILES string of the molecule is COc1ccc([C@H]2Nn3c(COc4ccccc4)nnc3S[C@@H]2C(=O)Nc2cccc(C)c2)cc1. The number of nitrogens with one attached hydrogen (secondary N) is 2. The summed E-state index contributed by atoms with van der Waals surface area (Å²) in [7, 11) is 1.63. The van der Waals surface area contributed by atoms with Crippen LogP contribution >= 0.6 is 11.8 Å². The number of nitrogens with zero attached hydrogens (tertiary/aromatic N) is 3. The minimum absolute atomic E-state index is 0.120. The normalized spacial score (nSPS) is 16.6. The molecule has 0 radical (unpaired) electrons. The molecule has 35 heavy (non-hydrogen) atoms. The zero-order valence-electron chi connectivity index (χ0n) is 19.3. The van der Waals surface area contributed by atoms with Crippen molar-refractivity contribution in [2.75, 3.05) is 17.9 Å². The molecule has 1 aromatic heterocycles. The first kappa shape index (κ1) is 22.8. The van der Waals surface area contributed by atoms with Crippen LogP contribution in [0, 0.1) is 6.92 Å². The van der Waals surface area contributed by atoms with Gasteiger partial charge in [-0.3, -0.25) is 4.79 Å². The summed E-state index contributed by atoms with van der Waals surface area (Å²) in [5.74, 6) is 1.99. The van der Waals surface area contributed by atoms with Gasteiger partial charge in [0, 0.05) is 5.69 Å². The van der Waals surface area contributed by atoms with Crippen LogP contribution in [0.1, 0.15) is 23.0 Å². The van der Waals surface area contributed by atoms with Crippen molar-refractivity contribution in [3.63, 3.8) is 0 Å². The van der Waals surface area contributed by atoms with E-state index in [9.17, 15) is 4.79 Å². The summed E-state index contributed by atoms with van der Waals surface area (Å²) in [6.45, 7) is 2.23. The highest BCUT2D eigenvalue weighted by atomic mass is 32.2. The number of hydrogen-bond acceptors (Lipinski definition) is 7. The standard InChI is InChI=1S/C26H25N5O3S/c1-17-7-6-8-19(15-17)27-25(32)24-23(18-11-13-20(33-2)14-12-18)30-31-22(28-29-26(31)35-24)16-34-21-9-4-3-5-10-21/h3-15,23-24,30H,16H2,1-2H3,(H,27,32)/t23-,24+/m1/s1. The van der Waals surface area contributed by atoms with Gasteiger partial charge in [0.15, 0.2) is 5.82 Å². The highest BCUT2D eigenvalue weighted by molar-refractivity contribution is 8.00.